The van der Waals surface area contributed by atoms with Gasteiger partial charge in [0.2, 0.25) is 5.75 Å². The molecule has 2 aromatic carbocycles. The average Bonchev–Trinajstić information content (AvgIpc) is 2.98. The molecular weight excluding hydrogens is 404 g/mol. The van der Waals surface area contributed by atoms with Crippen LogP contribution in [0.2, 0.25) is 0 Å². The number of methoxy groups -OCH3 is 1. The molecule has 0 fully saturated rings. The summed E-state index contributed by atoms with van der Waals surface area (Å²) in [5.41, 5.74) is 5.04. The molecule has 2 N–H and O–H groups in total. The van der Waals surface area contributed by atoms with Crippen molar-refractivity contribution in [3.8, 4) is 17.2 Å². The molecule has 1 amide bonds. The summed E-state index contributed by atoms with van der Waals surface area (Å²) >= 11 is 1.01. The summed E-state index contributed by atoms with van der Waals surface area (Å²) in [6, 6.07) is 7.72. The second kappa shape index (κ2) is 7.98. The van der Waals surface area contributed by atoms with Gasteiger partial charge in [0.15, 0.2) is 16.7 Å². The minimum atomic E-state index is -0.783. The van der Waals surface area contributed by atoms with Crippen molar-refractivity contribution in [3.05, 3.63) is 67.1 Å². The van der Waals surface area contributed by atoms with E-state index in [1.807, 2.05) is 0 Å². The lowest BCUT2D eigenvalue weighted by molar-refractivity contribution is -0.394. The van der Waals surface area contributed by atoms with Crippen LogP contribution < -0.4 is 15.2 Å². The van der Waals surface area contributed by atoms with Gasteiger partial charge in [0, 0.05) is 6.07 Å². The van der Waals surface area contributed by atoms with Gasteiger partial charge in [0.25, 0.3) is 11.6 Å². The molecule has 0 saturated carbocycles. The minimum Gasteiger partial charge on any atom is -0.493 e. The maximum absolute atomic E-state index is 11.8. The Kier molecular flexibility index (Phi) is 5.45. The Morgan fingerprint density at radius 2 is 1.79 bits per heavy atom. The van der Waals surface area contributed by atoms with Crippen molar-refractivity contribution in [2.75, 3.05) is 7.11 Å². The molecule has 0 aromatic heterocycles. The summed E-state index contributed by atoms with van der Waals surface area (Å²) in [7, 11) is 1.38. The second-order valence-corrected chi connectivity index (χ2v) is 6.61. The third-order valence-corrected chi connectivity index (χ3v) is 4.51. The molecule has 12 heteroatoms. The summed E-state index contributed by atoms with van der Waals surface area (Å²) in [5, 5.41) is 22.3. The molecule has 2 aromatic rings. The standard InChI is InChI=1S/C17H12N4O7S/c1-27-13-4-2-9(7-15-16(22)19-17(18)29-15)6-14(13)28-12-5-3-10(20(23)24)8-11(12)21(25)26/h2-8H,1H3,(H2,18,19,22)/b15-7-. The number of hydrogen-bond acceptors (Lipinski definition) is 9. The summed E-state index contributed by atoms with van der Waals surface area (Å²) in [6.07, 6.45) is 1.53. The molecule has 11 nitrogen and oxygen atoms in total. The fourth-order valence-corrected chi connectivity index (χ4v) is 3.09. The lowest BCUT2D eigenvalue weighted by atomic mass is 10.2. The Morgan fingerprint density at radius 1 is 1.07 bits per heavy atom. The van der Waals surface area contributed by atoms with E-state index >= 15 is 0 Å². The molecule has 1 aliphatic rings. The van der Waals surface area contributed by atoms with Crippen molar-refractivity contribution in [3.63, 3.8) is 0 Å². The zero-order chi connectivity index (χ0) is 21.1. The molecule has 148 valence electrons. The highest BCUT2D eigenvalue weighted by atomic mass is 32.2. The molecule has 29 heavy (non-hydrogen) atoms. The fraction of sp³-hybridized carbons (Fsp3) is 0.0588. The van der Waals surface area contributed by atoms with Crippen LogP contribution in [0.5, 0.6) is 17.2 Å². The van der Waals surface area contributed by atoms with Gasteiger partial charge in [-0.25, -0.2) is 0 Å². The molecule has 0 aliphatic carbocycles. The topological polar surface area (TPSA) is 160 Å². The monoisotopic (exact) mass is 416 g/mol. The molecular formula is C17H12N4O7S. The number of nitro groups is 2. The van der Waals surface area contributed by atoms with Crippen molar-refractivity contribution in [2.24, 2.45) is 10.7 Å². The number of rotatable bonds is 6. The van der Waals surface area contributed by atoms with Crippen molar-refractivity contribution in [2.45, 2.75) is 0 Å². The quantitative estimate of drug-likeness (QED) is 0.423. The maximum Gasteiger partial charge on any atom is 0.318 e. The first-order valence-electron chi connectivity index (χ1n) is 7.85. The molecule has 1 heterocycles. The normalized spacial score (nSPS) is 14.6. The van der Waals surface area contributed by atoms with E-state index in [9.17, 15) is 25.0 Å². The van der Waals surface area contributed by atoms with Gasteiger partial charge in [-0.1, -0.05) is 6.07 Å². The van der Waals surface area contributed by atoms with Gasteiger partial charge in [-0.15, -0.1) is 0 Å². The van der Waals surface area contributed by atoms with E-state index in [0.717, 1.165) is 30.0 Å². The number of thioether (sulfide) groups is 1. The van der Waals surface area contributed by atoms with E-state index < -0.39 is 27.1 Å². The minimum absolute atomic E-state index is 0.114. The highest BCUT2D eigenvalue weighted by Crippen LogP contribution is 2.39. The van der Waals surface area contributed by atoms with Crippen molar-refractivity contribution in [1.29, 1.82) is 0 Å². The Bertz CT molecular complexity index is 1100. The lowest BCUT2D eigenvalue weighted by Gasteiger charge is -2.11. The number of hydrogen-bond donors (Lipinski definition) is 1. The number of carbonyl (C=O) groups excluding carboxylic acids is 1. The Labute approximate surface area is 167 Å². The largest absolute Gasteiger partial charge is 0.493 e. The van der Waals surface area contributed by atoms with Gasteiger partial charge >= 0.3 is 5.69 Å². The third kappa shape index (κ3) is 4.32. The molecule has 0 bridgehead atoms. The van der Waals surface area contributed by atoms with Crippen molar-refractivity contribution < 1.29 is 24.1 Å². The molecule has 0 saturated heterocycles. The highest BCUT2D eigenvalue weighted by molar-refractivity contribution is 8.18. The van der Waals surface area contributed by atoms with E-state index in [2.05, 4.69) is 4.99 Å². The van der Waals surface area contributed by atoms with Crippen LogP contribution in [-0.4, -0.2) is 28.0 Å². The van der Waals surface area contributed by atoms with Gasteiger partial charge in [-0.05, 0) is 41.6 Å². The van der Waals surface area contributed by atoms with Crippen LogP contribution in [0.4, 0.5) is 11.4 Å². The van der Waals surface area contributed by atoms with E-state index in [1.54, 1.807) is 12.1 Å². The molecule has 0 spiro atoms. The van der Waals surface area contributed by atoms with E-state index in [0.29, 0.717) is 10.5 Å². The smallest absolute Gasteiger partial charge is 0.318 e. The third-order valence-electron chi connectivity index (χ3n) is 3.69. The van der Waals surface area contributed by atoms with Crippen LogP contribution in [0.25, 0.3) is 6.08 Å². The van der Waals surface area contributed by atoms with Crippen LogP contribution in [0.1, 0.15) is 5.56 Å². The van der Waals surface area contributed by atoms with E-state index in [-0.39, 0.29) is 22.4 Å². The number of nitro benzene ring substituents is 2. The van der Waals surface area contributed by atoms with Gasteiger partial charge in [0.1, 0.15) is 0 Å². The number of aliphatic imine (C=N–C) groups is 1. The van der Waals surface area contributed by atoms with Crippen LogP contribution in [0.15, 0.2) is 46.3 Å². The number of nitrogens with two attached hydrogens (primary N) is 1. The van der Waals surface area contributed by atoms with Crippen LogP contribution in [0.3, 0.4) is 0 Å². The summed E-state index contributed by atoms with van der Waals surface area (Å²) < 4.78 is 10.8. The van der Waals surface area contributed by atoms with Crippen LogP contribution in [0, 0.1) is 20.2 Å². The summed E-state index contributed by atoms with van der Waals surface area (Å²) in [6.45, 7) is 0. The first-order valence-corrected chi connectivity index (χ1v) is 8.67. The average molecular weight is 416 g/mol. The Morgan fingerprint density at radius 3 is 2.38 bits per heavy atom. The van der Waals surface area contributed by atoms with Crippen LogP contribution >= 0.6 is 11.8 Å². The lowest BCUT2D eigenvalue weighted by Crippen LogP contribution is -2.01. The number of amides is 1. The summed E-state index contributed by atoms with van der Waals surface area (Å²) in [4.78, 5) is 36.3. The number of non-ortho nitro benzene ring substituents is 1. The predicted octanol–water partition coefficient (Wildman–Crippen LogP) is 3.23. The van der Waals surface area contributed by atoms with Crippen molar-refractivity contribution in [1.82, 2.24) is 0 Å². The first kappa shape index (κ1) is 19.8. The molecule has 0 radical (unpaired) electrons. The zero-order valence-corrected chi connectivity index (χ0v) is 15.5. The highest BCUT2D eigenvalue weighted by Gasteiger charge is 2.23. The molecule has 0 atom stereocenters. The molecule has 0 unspecified atom stereocenters. The van der Waals surface area contributed by atoms with Crippen LogP contribution in [-0.2, 0) is 4.79 Å². The van der Waals surface area contributed by atoms with E-state index in [4.69, 9.17) is 15.2 Å². The zero-order valence-electron chi connectivity index (χ0n) is 14.7. The second-order valence-electron chi connectivity index (χ2n) is 5.54. The predicted molar refractivity (Wildman–Crippen MR) is 105 cm³/mol. The van der Waals surface area contributed by atoms with Gasteiger partial charge < -0.3 is 15.2 Å². The van der Waals surface area contributed by atoms with Gasteiger partial charge in [-0.3, -0.25) is 25.0 Å². The number of carbonyl (C=O) groups is 1. The number of nitrogens with zero attached hydrogens (tertiary/aromatic N) is 3. The SMILES string of the molecule is COc1ccc(/C=C2\SC(N)=NC2=O)cc1Oc1ccc([N+](=O)[O-])cc1[N+](=O)[O-]. The molecule has 1 aliphatic heterocycles. The molecule has 3 rings (SSSR count). The van der Waals surface area contributed by atoms with Gasteiger partial charge in [-0.2, -0.15) is 4.99 Å². The van der Waals surface area contributed by atoms with E-state index in [1.165, 1.54) is 19.3 Å². The number of benzene rings is 2. The van der Waals surface area contributed by atoms with Crippen molar-refractivity contribution >= 4 is 40.3 Å². The fourth-order valence-electron chi connectivity index (χ4n) is 2.41. The first-order chi connectivity index (χ1) is 13.8. The number of ether oxygens (including phenoxy) is 2. The number of amidine groups is 1. The summed E-state index contributed by atoms with van der Waals surface area (Å²) in [5.74, 6) is -0.302. The maximum atomic E-state index is 11.8. The van der Waals surface area contributed by atoms with Gasteiger partial charge in [0.05, 0.1) is 27.9 Å². The Balaban J connectivity index is 1.99. The Hall–Kier alpha value is -3.93.